The average Bonchev–Trinajstić information content (AvgIpc) is 3.34. The van der Waals surface area contributed by atoms with E-state index in [1.54, 1.807) is 23.2 Å². The molecule has 0 saturated carbocycles. The summed E-state index contributed by atoms with van der Waals surface area (Å²) in [5.41, 5.74) is 4.33. The van der Waals surface area contributed by atoms with Crippen molar-refractivity contribution in [1.29, 1.82) is 0 Å². The number of aliphatic carboxylic acids is 1. The van der Waals surface area contributed by atoms with Crippen molar-refractivity contribution >= 4 is 29.7 Å². The van der Waals surface area contributed by atoms with Gasteiger partial charge in [-0.25, -0.2) is 13.6 Å². The quantitative estimate of drug-likeness (QED) is 0.419. The standard InChI is InChI=1S/C24H22F2N4O2.C2HF3O2/c25-19-11-15(12-20(26)23(19)30-7-9-32-10-8-30)1-2-17-13-16(3-5-27-17)22-14-18-21(29-22)4-6-28-24(18)31;3-2(4,5)1(6)7/h1-3,5,11-14,29H,4,6-10H2,(H,28,31);(H,6,7)/b2-1+;. The first-order valence-corrected chi connectivity index (χ1v) is 11.8. The minimum Gasteiger partial charge on any atom is -0.475 e. The van der Waals surface area contributed by atoms with Crippen LogP contribution in [0, 0.1) is 11.6 Å². The minimum absolute atomic E-state index is 0.00896. The number of carboxylic acids is 1. The molecule has 5 rings (SSSR count). The minimum atomic E-state index is -5.08. The zero-order valence-electron chi connectivity index (χ0n) is 20.3. The molecule has 4 heterocycles. The summed E-state index contributed by atoms with van der Waals surface area (Å²) in [4.78, 5) is 30.2. The van der Waals surface area contributed by atoms with Crippen molar-refractivity contribution in [3.8, 4) is 11.3 Å². The Labute approximate surface area is 219 Å². The van der Waals surface area contributed by atoms with Gasteiger partial charge in [0.25, 0.3) is 5.91 Å². The molecule has 0 aliphatic carbocycles. The molecule has 0 bridgehead atoms. The van der Waals surface area contributed by atoms with Gasteiger partial charge in [-0.2, -0.15) is 13.2 Å². The van der Waals surface area contributed by atoms with E-state index in [1.165, 1.54) is 12.1 Å². The van der Waals surface area contributed by atoms with Gasteiger partial charge in [0.2, 0.25) is 0 Å². The Hall–Kier alpha value is -4.26. The number of anilines is 1. The molecule has 2 aromatic heterocycles. The first kappa shape index (κ1) is 27.8. The van der Waals surface area contributed by atoms with Gasteiger partial charge in [0.05, 0.1) is 24.5 Å². The van der Waals surface area contributed by atoms with Crippen molar-refractivity contribution in [2.24, 2.45) is 0 Å². The molecular weight excluding hydrogens is 527 g/mol. The maximum atomic E-state index is 14.6. The van der Waals surface area contributed by atoms with Gasteiger partial charge in [-0.1, -0.05) is 6.08 Å². The largest absolute Gasteiger partial charge is 0.490 e. The number of carboxylic acid groups (broad SMARTS) is 1. The van der Waals surface area contributed by atoms with Gasteiger partial charge in [-0.15, -0.1) is 0 Å². The first-order chi connectivity index (χ1) is 18.5. The molecule has 1 saturated heterocycles. The molecule has 1 amide bonds. The van der Waals surface area contributed by atoms with Crippen molar-refractivity contribution in [2.45, 2.75) is 12.6 Å². The van der Waals surface area contributed by atoms with E-state index < -0.39 is 23.8 Å². The second kappa shape index (κ2) is 11.6. The summed E-state index contributed by atoms with van der Waals surface area (Å²) in [6.45, 7) is 2.45. The van der Waals surface area contributed by atoms with Crippen LogP contribution in [0.25, 0.3) is 23.4 Å². The number of halogens is 5. The topological polar surface area (TPSA) is 108 Å². The van der Waals surface area contributed by atoms with Crippen LogP contribution in [0.4, 0.5) is 27.6 Å². The van der Waals surface area contributed by atoms with E-state index in [4.69, 9.17) is 14.6 Å². The van der Waals surface area contributed by atoms with E-state index >= 15 is 0 Å². The van der Waals surface area contributed by atoms with Gasteiger partial charge in [-0.3, -0.25) is 9.78 Å². The lowest BCUT2D eigenvalue weighted by atomic mass is 10.1. The molecule has 39 heavy (non-hydrogen) atoms. The summed E-state index contributed by atoms with van der Waals surface area (Å²) < 4.78 is 66.3. The number of benzene rings is 1. The lowest BCUT2D eigenvalue weighted by Crippen LogP contribution is -2.37. The Bertz CT molecular complexity index is 1370. The Kier molecular flexibility index (Phi) is 8.29. The molecule has 3 N–H and O–H groups in total. The number of nitrogens with one attached hydrogen (secondary N) is 2. The number of nitrogens with zero attached hydrogens (tertiary/aromatic N) is 2. The van der Waals surface area contributed by atoms with E-state index in [2.05, 4.69) is 15.3 Å². The molecule has 13 heteroatoms. The van der Waals surface area contributed by atoms with Gasteiger partial charge in [0, 0.05) is 49.2 Å². The van der Waals surface area contributed by atoms with Crippen LogP contribution in [0.1, 0.15) is 27.3 Å². The number of ether oxygens (including phenoxy) is 1. The summed E-state index contributed by atoms with van der Waals surface area (Å²) in [5, 5.41) is 9.96. The van der Waals surface area contributed by atoms with Gasteiger partial charge >= 0.3 is 12.1 Å². The Balaban J connectivity index is 0.000000448. The monoisotopic (exact) mass is 550 g/mol. The second-order valence-electron chi connectivity index (χ2n) is 8.62. The lowest BCUT2D eigenvalue weighted by molar-refractivity contribution is -0.192. The number of fused-ring (bicyclic) bond motifs is 1. The van der Waals surface area contributed by atoms with E-state index in [0.717, 1.165) is 23.4 Å². The number of aromatic amines is 1. The predicted molar refractivity (Wildman–Crippen MR) is 132 cm³/mol. The van der Waals surface area contributed by atoms with Crippen LogP contribution >= 0.6 is 0 Å². The SMILES string of the molecule is O=C(O)C(F)(F)F.O=C1NCCc2[nH]c(-c3ccnc(/C=C/c4cc(F)c(N5CCOCC5)c(F)c4)c3)cc21. The van der Waals surface area contributed by atoms with Crippen LogP contribution in [0.15, 0.2) is 36.5 Å². The van der Waals surface area contributed by atoms with Crippen molar-refractivity contribution in [1.82, 2.24) is 15.3 Å². The highest BCUT2D eigenvalue weighted by atomic mass is 19.4. The highest BCUT2D eigenvalue weighted by molar-refractivity contribution is 5.97. The zero-order valence-corrected chi connectivity index (χ0v) is 20.3. The molecule has 0 radical (unpaired) electrons. The molecule has 1 fully saturated rings. The van der Waals surface area contributed by atoms with Crippen LogP contribution in [0.3, 0.4) is 0 Å². The normalized spacial score (nSPS) is 15.4. The van der Waals surface area contributed by atoms with Crippen molar-refractivity contribution < 1.29 is 41.4 Å². The fourth-order valence-corrected chi connectivity index (χ4v) is 4.11. The number of amides is 1. The van der Waals surface area contributed by atoms with E-state index in [-0.39, 0.29) is 11.6 Å². The lowest BCUT2D eigenvalue weighted by Gasteiger charge is -2.29. The van der Waals surface area contributed by atoms with Gasteiger partial charge in [-0.05, 0) is 42.0 Å². The predicted octanol–water partition coefficient (Wildman–Crippen LogP) is 4.28. The molecule has 3 aromatic rings. The number of carbonyl (C=O) groups is 2. The number of rotatable bonds is 4. The molecule has 1 aromatic carbocycles. The number of aromatic nitrogens is 2. The molecule has 0 unspecified atom stereocenters. The van der Waals surface area contributed by atoms with Crippen LogP contribution < -0.4 is 10.2 Å². The highest BCUT2D eigenvalue weighted by Crippen LogP contribution is 2.28. The number of hydrogen-bond donors (Lipinski definition) is 3. The summed E-state index contributed by atoms with van der Waals surface area (Å²) in [6.07, 6.45) is 0.685. The number of pyridine rings is 1. The smallest absolute Gasteiger partial charge is 0.475 e. The highest BCUT2D eigenvalue weighted by Gasteiger charge is 2.38. The molecule has 2 aliphatic rings. The maximum Gasteiger partial charge on any atom is 0.490 e. The fraction of sp³-hybridized carbons (Fsp3) is 0.269. The Morgan fingerprint density at radius 3 is 2.36 bits per heavy atom. The van der Waals surface area contributed by atoms with Gasteiger partial charge < -0.3 is 25.0 Å². The van der Waals surface area contributed by atoms with E-state index in [0.29, 0.717) is 49.7 Å². The van der Waals surface area contributed by atoms with Gasteiger partial charge in [0.1, 0.15) is 17.3 Å². The summed E-state index contributed by atoms with van der Waals surface area (Å²) in [6, 6.07) is 8.20. The van der Waals surface area contributed by atoms with Crippen molar-refractivity contribution in [3.63, 3.8) is 0 Å². The van der Waals surface area contributed by atoms with E-state index in [9.17, 15) is 26.7 Å². The zero-order chi connectivity index (χ0) is 28.2. The molecule has 0 atom stereocenters. The third-order valence-corrected chi connectivity index (χ3v) is 5.95. The molecular formula is C26H23F5N4O4. The summed E-state index contributed by atoms with van der Waals surface area (Å²) in [5.74, 6) is -4.02. The molecule has 8 nitrogen and oxygen atoms in total. The van der Waals surface area contributed by atoms with Crippen molar-refractivity contribution in [3.05, 3.63) is 70.7 Å². The van der Waals surface area contributed by atoms with Crippen LogP contribution in [0.5, 0.6) is 0 Å². The summed E-state index contributed by atoms with van der Waals surface area (Å²) >= 11 is 0. The number of hydrogen-bond acceptors (Lipinski definition) is 5. The van der Waals surface area contributed by atoms with Crippen LogP contribution in [-0.2, 0) is 16.0 Å². The first-order valence-electron chi connectivity index (χ1n) is 11.8. The van der Waals surface area contributed by atoms with Crippen molar-refractivity contribution in [2.75, 3.05) is 37.7 Å². The Morgan fingerprint density at radius 1 is 1.08 bits per heavy atom. The molecule has 206 valence electrons. The molecule has 0 spiro atoms. The maximum absolute atomic E-state index is 14.6. The number of carbonyl (C=O) groups excluding carboxylic acids is 1. The van der Waals surface area contributed by atoms with Crippen LogP contribution in [-0.4, -0.2) is 66.0 Å². The third-order valence-electron chi connectivity index (χ3n) is 5.95. The third kappa shape index (κ3) is 6.79. The van der Waals surface area contributed by atoms with E-state index in [1.807, 2.05) is 18.2 Å². The fourth-order valence-electron chi connectivity index (χ4n) is 4.11. The molecule has 2 aliphatic heterocycles. The number of morpholine rings is 1. The number of alkyl halides is 3. The second-order valence-corrected chi connectivity index (χ2v) is 8.62. The Morgan fingerprint density at radius 2 is 1.74 bits per heavy atom. The average molecular weight is 550 g/mol. The van der Waals surface area contributed by atoms with Gasteiger partial charge in [0.15, 0.2) is 0 Å². The van der Waals surface area contributed by atoms with Crippen LogP contribution in [0.2, 0.25) is 0 Å². The summed E-state index contributed by atoms with van der Waals surface area (Å²) in [7, 11) is 0. The number of H-pyrrole nitrogens is 1.